The highest BCUT2D eigenvalue weighted by Gasteiger charge is 2.45. The molecule has 0 atom stereocenters. The fraction of sp³-hybridized carbons (Fsp3) is 0.438. The van der Waals surface area contributed by atoms with Crippen molar-refractivity contribution in [2.45, 2.75) is 174 Å². The molecule has 0 heterocycles. The van der Waals surface area contributed by atoms with Gasteiger partial charge in [0.05, 0.1) is 6.07 Å². The highest BCUT2D eigenvalue weighted by Crippen LogP contribution is 2.36. The number of nitrogens with one attached hydrogen (secondary N) is 4. The van der Waals surface area contributed by atoms with E-state index in [9.17, 15) is 19.2 Å². The van der Waals surface area contributed by atoms with Crippen molar-refractivity contribution in [3.63, 3.8) is 0 Å². The summed E-state index contributed by atoms with van der Waals surface area (Å²) in [6, 6.07) is 42.2. The van der Waals surface area contributed by atoms with E-state index in [-0.39, 0.29) is 34.7 Å². The lowest BCUT2D eigenvalue weighted by atomic mass is 10.1. The van der Waals surface area contributed by atoms with Gasteiger partial charge in [-0.3, -0.25) is 19.2 Å². The second kappa shape index (κ2) is 26.7. The summed E-state index contributed by atoms with van der Waals surface area (Å²) in [6.45, 7) is 17.5. The molecular formula is C64H80N6O4S. The van der Waals surface area contributed by atoms with Crippen molar-refractivity contribution in [2.75, 3.05) is 6.54 Å². The van der Waals surface area contributed by atoms with Crippen molar-refractivity contribution in [1.29, 1.82) is 5.26 Å². The van der Waals surface area contributed by atoms with Gasteiger partial charge < -0.3 is 26.2 Å². The van der Waals surface area contributed by atoms with Gasteiger partial charge >= 0.3 is 0 Å². The lowest BCUT2D eigenvalue weighted by Crippen LogP contribution is -2.35. The summed E-state index contributed by atoms with van der Waals surface area (Å²) in [5, 5.41) is 20.7. The Morgan fingerprint density at radius 2 is 0.880 bits per heavy atom. The van der Waals surface area contributed by atoms with Crippen LogP contribution in [-0.2, 0) is 0 Å². The maximum absolute atomic E-state index is 11.8. The molecule has 4 amide bonds. The first kappa shape index (κ1) is 57.6. The Hall–Kier alpha value is -6.64. The van der Waals surface area contributed by atoms with Gasteiger partial charge in [-0.25, -0.2) is 0 Å². The summed E-state index contributed by atoms with van der Waals surface area (Å²) in [5.41, 5.74) is 9.19. The molecule has 0 aromatic heterocycles. The van der Waals surface area contributed by atoms with Crippen LogP contribution in [0.25, 0.3) is 0 Å². The Bertz CT molecular complexity index is 2740. The molecule has 10 nitrogen and oxygen atoms in total. The number of rotatable bonds is 15. The van der Waals surface area contributed by atoms with E-state index in [1.54, 1.807) is 6.07 Å². The fourth-order valence-corrected chi connectivity index (χ4v) is 8.77. The van der Waals surface area contributed by atoms with Gasteiger partial charge in [-0.15, -0.1) is 0 Å². The molecule has 0 radical (unpaired) electrons. The number of unbranched alkanes of at least 4 members (excludes halogenated alkanes) is 3. The van der Waals surface area contributed by atoms with Crippen LogP contribution in [0.15, 0.2) is 121 Å². The van der Waals surface area contributed by atoms with Crippen LogP contribution in [0.4, 0.5) is 0 Å². The smallest absolute Gasteiger partial charge is 0.252 e. The number of aryl methyl sites for hydroxylation is 5. The standard InChI is InChI=1S/C17H25NS.C12H12N2O.2C12H15NO.C11H13NO/c1-3-4-5-8-13-18(15-11-12-15)17(19)16-10-7-6-9-14(16)2;1-9-4-2-3-5-10(9)11(15)14-12(8-13)6-7-12;2*1-9-5-3-4-6-10(9)11(14)13-12(2)7-8-12;1-8-4-2-3-5-10(8)11(13)12-9-6-7-9/h6-7,9-10,15H,3-5,8,11-13H2,1-2H3;2-5H,6-7H2,1H3,(H,14,15);2*3-6H,7-8H2,1-2H3,(H,13,14);2-5,9H,6-7H2,1H3,(H,12,13). The van der Waals surface area contributed by atoms with Gasteiger partial charge in [0.1, 0.15) is 10.5 Å². The van der Waals surface area contributed by atoms with Gasteiger partial charge in [-0.2, -0.15) is 5.26 Å². The van der Waals surface area contributed by atoms with E-state index in [2.05, 4.69) is 84.2 Å². The number of benzene rings is 5. The van der Waals surface area contributed by atoms with E-state index in [4.69, 9.17) is 17.5 Å². The van der Waals surface area contributed by atoms with Gasteiger partial charge in [0.2, 0.25) is 0 Å². The van der Waals surface area contributed by atoms with Gasteiger partial charge in [0.25, 0.3) is 23.6 Å². The van der Waals surface area contributed by atoms with Gasteiger partial charge in [-0.05, 0) is 171 Å². The summed E-state index contributed by atoms with van der Waals surface area (Å²) >= 11 is 5.75. The number of thiocarbonyl (C=S) groups is 1. The van der Waals surface area contributed by atoms with E-state index in [1.165, 1.54) is 49.7 Å². The van der Waals surface area contributed by atoms with Gasteiger partial charge in [0.15, 0.2) is 0 Å². The van der Waals surface area contributed by atoms with E-state index in [1.807, 2.05) is 119 Å². The van der Waals surface area contributed by atoms with Crippen LogP contribution in [-0.4, -0.2) is 68.8 Å². The van der Waals surface area contributed by atoms with Crippen LogP contribution in [0.3, 0.4) is 0 Å². The quantitative estimate of drug-likeness (QED) is 0.0604. The van der Waals surface area contributed by atoms with Crippen LogP contribution < -0.4 is 21.3 Å². The second-order valence-electron chi connectivity index (χ2n) is 21.8. The molecule has 10 rings (SSSR count). The number of carbonyl (C=O) groups is 4. The zero-order valence-corrected chi connectivity index (χ0v) is 46.6. The molecule has 396 valence electrons. The first-order valence-electron chi connectivity index (χ1n) is 27.2. The zero-order valence-electron chi connectivity index (χ0n) is 45.7. The van der Waals surface area contributed by atoms with E-state index in [0.29, 0.717) is 17.6 Å². The highest BCUT2D eigenvalue weighted by atomic mass is 32.1. The van der Waals surface area contributed by atoms with Crippen molar-refractivity contribution < 1.29 is 19.2 Å². The van der Waals surface area contributed by atoms with Gasteiger partial charge in [0, 0.05) is 57.5 Å². The SMILES string of the molecule is CCCCCCN(C(=S)c1ccccc1C)C1CC1.Cc1ccccc1C(=O)NC1(C#N)CC1.Cc1ccccc1C(=O)NC1(C)CC1.Cc1ccccc1C(=O)NC1(C)CC1.Cc1ccccc1C(=O)NC1CC1. The third kappa shape index (κ3) is 18.3. The number of carbonyl (C=O) groups excluding carboxylic acids is 4. The average Bonchev–Trinajstić information content (AvgIpc) is 4.13. The molecule has 0 bridgehead atoms. The lowest BCUT2D eigenvalue weighted by Gasteiger charge is -2.26. The maximum Gasteiger partial charge on any atom is 0.252 e. The second-order valence-corrected chi connectivity index (χ2v) is 22.2. The highest BCUT2D eigenvalue weighted by molar-refractivity contribution is 7.80. The Labute approximate surface area is 452 Å². The van der Waals surface area contributed by atoms with Crippen molar-refractivity contribution in [2.24, 2.45) is 0 Å². The summed E-state index contributed by atoms with van der Waals surface area (Å²) in [5.74, 6) is 0.0407. The molecule has 0 saturated heterocycles. The number of nitrogens with zero attached hydrogens (tertiary/aromatic N) is 2. The third-order valence-electron chi connectivity index (χ3n) is 14.5. The first-order valence-corrected chi connectivity index (χ1v) is 27.6. The predicted octanol–water partition coefficient (Wildman–Crippen LogP) is 12.9. The number of hydrogen-bond donors (Lipinski definition) is 4. The molecule has 0 unspecified atom stereocenters. The predicted molar refractivity (Wildman–Crippen MR) is 307 cm³/mol. The Balaban J connectivity index is 0.000000153. The topological polar surface area (TPSA) is 143 Å². The number of hydrogen-bond acceptors (Lipinski definition) is 6. The maximum atomic E-state index is 11.8. The zero-order chi connectivity index (χ0) is 54.2. The number of amides is 4. The van der Waals surface area contributed by atoms with Crippen molar-refractivity contribution in [3.8, 4) is 6.07 Å². The molecule has 5 saturated carbocycles. The normalized spacial score (nSPS) is 16.2. The molecule has 5 aromatic carbocycles. The van der Waals surface area contributed by atoms with E-state index < -0.39 is 5.54 Å². The van der Waals surface area contributed by atoms with E-state index >= 15 is 0 Å². The molecule has 0 aliphatic heterocycles. The monoisotopic (exact) mass is 1030 g/mol. The van der Waals surface area contributed by atoms with Crippen LogP contribution in [0, 0.1) is 45.9 Å². The molecule has 11 heteroatoms. The fourth-order valence-electron chi connectivity index (χ4n) is 8.30. The molecule has 5 aliphatic rings. The van der Waals surface area contributed by atoms with Crippen LogP contribution in [0.2, 0.25) is 0 Å². The van der Waals surface area contributed by atoms with Crippen molar-refractivity contribution in [3.05, 3.63) is 177 Å². The van der Waals surface area contributed by atoms with Crippen LogP contribution >= 0.6 is 12.2 Å². The Morgan fingerprint density at radius 3 is 1.20 bits per heavy atom. The Morgan fingerprint density at radius 1 is 0.520 bits per heavy atom. The van der Waals surface area contributed by atoms with Crippen LogP contribution in [0.1, 0.15) is 185 Å². The third-order valence-corrected chi connectivity index (χ3v) is 14.9. The van der Waals surface area contributed by atoms with Crippen LogP contribution in [0.5, 0.6) is 0 Å². The number of nitriles is 1. The van der Waals surface area contributed by atoms with Crippen molar-refractivity contribution in [1.82, 2.24) is 26.2 Å². The first-order chi connectivity index (χ1) is 35.9. The minimum atomic E-state index is -0.584. The van der Waals surface area contributed by atoms with Gasteiger partial charge in [-0.1, -0.05) is 135 Å². The minimum absolute atomic E-state index is 0.0584. The molecule has 5 aliphatic carbocycles. The summed E-state index contributed by atoms with van der Waals surface area (Å²) < 4.78 is 0. The molecule has 75 heavy (non-hydrogen) atoms. The molecule has 0 spiro atoms. The summed E-state index contributed by atoms with van der Waals surface area (Å²) in [4.78, 5) is 50.6. The van der Waals surface area contributed by atoms with Crippen molar-refractivity contribution >= 4 is 40.8 Å². The molecule has 4 N–H and O–H groups in total. The molecule has 5 aromatic rings. The molecular weight excluding hydrogens is 949 g/mol. The molecule has 5 fully saturated rings. The minimum Gasteiger partial charge on any atom is -0.359 e. The summed E-state index contributed by atoms with van der Waals surface area (Å²) in [6.07, 6.45) is 16.1. The summed E-state index contributed by atoms with van der Waals surface area (Å²) in [7, 11) is 0. The lowest BCUT2D eigenvalue weighted by molar-refractivity contribution is 0.0926. The average molecular weight is 1030 g/mol. The van der Waals surface area contributed by atoms with E-state index in [0.717, 1.165) is 102 Å². The largest absolute Gasteiger partial charge is 0.359 e. The Kier molecular flexibility index (Phi) is 20.5.